The third-order valence-corrected chi connectivity index (χ3v) is 5.41. The van der Waals surface area contributed by atoms with E-state index in [2.05, 4.69) is 15.7 Å². The Bertz CT molecular complexity index is 797. The maximum absolute atomic E-state index is 12.3. The third kappa shape index (κ3) is 5.56. The first-order valence-electron chi connectivity index (χ1n) is 9.49. The molecular weight excluding hydrogens is 380 g/mol. The van der Waals surface area contributed by atoms with Crippen molar-refractivity contribution in [1.82, 2.24) is 20.4 Å². The lowest BCUT2D eigenvalue weighted by Crippen LogP contribution is -2.49. The quantitative estimate of drug-likeness (QED) is 0.652. The van der Waals surface area contributed by atoms with Gasteiger partial charge in [0.05, 0.1) is 25.1 Å². The summed E-state index contributed by atoms with van der Waals surface area (Å²) in [5.41, 5.74) is 0.751. The van der Waals surface area contributed by atoms with Crippen LogP contribution in [-0.4, -0.2) is 45.4 Å². The van der Waals surface area contributed by atoms with Gasteiger partial charge in [-0.15, -0.1) is 0 Å². The smallest absolute Gasteiger partial charge is 0.224 e. The molecule has 1 fully saturated rings. The zero-order valence-electron chi connectivity index (χ0n) is 15.6. The predicted octanol–water partition coefficient (Wildman–Crippen LogP) is 1.54. The van der Waals surface area contributed by atoms with Gasteiger partial charge >= 0.3 is 0 Å². The monoisotopic (exact) mass is 404 g/mol. The molecule has 1 heterocycles. The van der Waals surface area contributed by atoms with Gasteiger partial charge in [-0.3, -0.25) is 14.3 Å². The second kappa shape index (κ2) is 9.71. The number of carbonyl (C=O) groups excluding carboxylic acids is 2. The van der Waals surface area contributed by atoms with Gasteiger partial charge in [-0.1, -0.05) is 29.8 Å². The average molecular weight is 405 g/mol. The van der Waals surface area contributed by atoms with E-state index in [0.29, 0.717) is 37.4 Å². The lowest BCUT2D eigenvalue weighted by Gasteiger charge is -2.33. The molecular formula is C20H25ClN4O3. The van der Waals surface area contributed by atoms with Gasteiger partial charge in [0, 0.05) is 29.9 Å². The fraction of sp³-hybridized carbons (Fsp3) is 0.450. The van der Waals surface area contributed by atoms with Gasteiger partial charge in [-0.05, 0) is 37.0 Å². The number of nitrogens with zero attached hydrogens (tertiary/aromatic N) is 2. The van der Waals surface area contributed by atoms with E-state index in [9.17, 15) is 14.7 Å². The summed E-state index contributed by atoms with van der Waals surface area (Å²) in [6.45, 7) is 1.10. The summed E-state index contributed by atoms with van der Waals surface area (Å²) in [4.78, 5) is 24.6. The molecule has 1 aliphatic rings. The van der Waals surface area contributed by atoms with E-state index in [1.54, 1.807) is 16.9 Å². The van der Waals surface area contributed by atoms with E-state index in [1.165, 1.54) is 0 Å². The molecule has 150 valence electrons. The van der Waals surface area contributed by atoms with Crippen LogP contribution < -0.4 is 10.6 Å². The molecule has 1 saturated carbocycles. The number of carbonyl (C=O) groups is 2. The summed E-state index contributed by atoms with van der Waals surface area (Å²) >= 11 is 6.09. The van der Waals surface area contributed by atoms with E-state index in [1.807, 2.05) is 30.5 Å². The van der Waals surface area contributed by atoms with Gasteiger partial charge in [0.25, 0.3) is 0 Å². The highest BCUT2D eigenvalue weighted by atomic mass is 35.5. The van der Waals surface area contributed by atoms with E-state index in [4.69, 9.17) is 11.6 Å². The molecule has 0 aliphatic heterocycles. The van der Waals surface area contributed by atoms with Crippen LogP contribution in [0.3, 0.4) is 0 Å². The largest absolute Gasteiger partial charge is 0.391 e. The van der Waals surface area contributed by atoms with Crippen LogP contribution in [0, 0.1) is 5.92 Å². The van der Waals surface area contributed by atoms with E-state index in [0.717, 1.165) is 5.56 Å². The lowest BCUT2D eigenvalue weighted by atomic mass is 9.83. The highest BCUT2D eigenvalue weighted by molar-refractivity contribution is 6.31. The second-order valence-electron chi connectivity index (χ2n) is 7.08. The molecule has 0 unspecified atom stereocenters. The average Bonchev–Trinajstić information content (AvgIpc) is 3.18. The molecule has 7 nitrogen and oxygen atoms in total. The summed E-state index contributed by atoms with van der Waals surface area (Å²) < 4.78 is 1.75. The molecule has 0 saturated heterocycles. The minimum absolute atomic E-state index is 0.0629. The summed E-state index contributed by atoms with van der Waals surface area (Å²) in [5.74, 6) is -0.490. The molecule has 2 aromatic rings. The molecule has 28 heavy (non-hydrogen) atoms. The van der Waals surface area contributed by atoms with Crippen LogP contribution in [0.5, 0.6) is 0 Å². The second-order valence-corrected chi connectivity index (χ2v) is 7.49. The molecule has 2 amide bonds. The predicted molar refractivity (Wildman–Crippen MR) is 106 cm³/mol. The Labute approximate surface area is 169 Å². The van der Waals surface area contributed by atoms with Crippen molar-refractivity contribution in [2.75, 3.05) is 6.54 Å². The summed E-state index contributed by atoms with van der Waals surface area (Å²) in [6, 6.07) is 8.69. The van der Waals surface area contributed by atoms with Gasteiger partial charge in [0.15, 0.2) is 0 Å². The molecule has 0 spiro atoms. The normalized spacial score (nSPS) is 21.9. The number of hydrogen-bond donors (Lipinski definition) is 3. The first kappa shape index (κ1) is 20.4. The van der Waals surface area contributed by atoms with Crippen LogP contribution in [0.4, 0.5) is 0 Å². The van der Waals surface area contributed by atoms with Gasteiger partial charge < -0.3 is 15.7 Å². The Morgan fingerprint density at radius 3 is 2.79 bits per heavy atom. The van der Waals surface area contributed by atoms with Crippen LogP contribution in [0.1, 0.15) is 24.8 Å². The van der Waals surface area contributed by atoms with E-state index < -0.39 is 6.10 Å². The highest BCUT2D eigenvalue weighted by Gasteiger charge is 2.33. The van der Waals surface area contributed by atoms with Crippen molar-refractivity contribution in [2.45, 2.75) is 44.4 Å². The van der Waals surface area contributed by atoms with Crippen LogP contribution in [0.15, 0.2) is 42.7 Å². The van der Waals surface area contributed by atoms with Crippen LogP contribution in [0.25, 0.3) is 0 Å². The molecule has 1 aliphatic carbocycles. The van der Waals surface area contributed by atoms with Crippen LogP contribution in [0.2, 0.25) is 5.02 Å². The molecule has 1 aromatic carbocycles. The number of benzene rings is 1. The zero-order chi connectivity index (χ0) is 19.9. The number of halogens is 1. The van der Waals surface area contributed by atoms with E-state index in [-0.39, 0.29) is 30.2 Å². The molecule has 3 N–H and O–H groups in total. The van der Waals surface area contributed by atoms with Crippen molar-refractivity contribution < 1.29 is 14.7 Å². The van der Waals surface area contributed by atoms with Gasteiger partial charge in [-0.2, -0.15) is 5.10 Å². The first-order chi connectivity index (χ1) is 13.5. The number of hydrogen-bond acceptors (Lipinski definition) is 4. The standard InChI is InChI=1S/C20H25ClN4O3/c21-16-5-2-1-4-14(16)13-19(27)24-17-7-6-15(12-18(17)26)20(28)22-9-11-25-10-3-8-23-25/h1-5,8,10,15,17-18,26H,6-7,9,11-13H2,(H,22,28)(H,24,27)/t15-,17-,18-/m0/s1. The summed E-state index contributed by atoms with van der Waals surface area (Å²) in [7, 11) is 0. The number of aliphatic hydroxyl groups is 1. The number of rotatable bonds is 7. The van der Waals surface area contributed by atoms with Crippen molar-refractivity contribution in [3.05, 3.63) is 53.3 Å². The third-order valence-electron chi connectivity index (χ3n) is 5.04. The molecule has 1 aromatic heterocycles. The maximum Gasteiger partial charge on any atom is 0.224 e. The van der Waals surface area contributed by atoms with Gasteiger partial charge in [0.1, 0.15) is 0 Å². The fourth-order valence-electron chi connectivity index (χ4n) is 3.50. The lowest BCUT2D eigenvalue weighted by molar-refractivity contribution is -0.128. The number of amides is 2. The SMILES string of the molecule is O=C(Cc1ccccc1Cl)N[C@H]1CC[C@H](C(=O)NCCn2cccn2)C[C@@H]1O. The Hall–Kier alpha value is -2.38. The minimum atomic E-state index is -0.745. The van der Waals surface area contributed by atoms with Crippen molar-refractivity contribution in [2.24, 2.45) is 5.92 Å². The Morgan fingerprint density at radius 2 is 2.07 bits per heavy atom. The minimum Gasteiger partial charge on any atom is -0.391 e. The molecule has 0 radical (unpaired) electrons. The molecule has 3 atom stereocenters. The van der Waals surface area contributed by atoms with Crippen molar-refractivity contribution in [3.8, 4) is 0 Å². The van der Waals surface area contributed by atoms with Gasteiger partial charge in [-0.25, -0.2) is 0 Å². The Balaban J connectivity index is 1.42. The maximum atomic E-state index is 12.3. The van der Waals surface area contributed by atoms with Crippen molar-refractivity contribution in [3.63, 3.8) is 0 Å². The fourth-order valence-corrected chi connectivity index (χ4v) is 3.70. The first-order valence-corrected chi connectivity index (χ1v) is 9.86. The van der Waals surface area contributed by atoms with Crippen LogP contribution in [-0.2, 0) is 22.6 Å². The van der Waals surface area contributed by atoms with Crippen molar-refractivity contribution in [1.29, 1.82) is 0 Å². The number of aromatic nitrogens is 2. The van der Waals surface area contributed by atoms with E-state index >= 15 is 0 Å². The Kier molecular flexibility index (Phi) is 7.06. The Morgan fingerprint density at radius 1 is 1.25 bits per heavy atom. The zero-order valence-corrected chi connectivity index (χ0v) is 16.3. The molecule has 0 bridgehead atoms. The van der Waals surface area contributed by atoms with Crippen LogP contribution >= 0.6 is 11.6 Å². The highest BCUT2D eigenvalue weighted by Crippen LogP contribution is 2.25. The molecule has 8 heteroatoms. The topological polar surface area (TPSA) is 96.3 Å². The number of nitrogens with one attached hydrogen (secondary N) is 2. The summed E-state index contributed by atoms with van der Waals surface area (Å²) in [6.07, 6.45) is 4.48. The van der Waals surface area contributed by atoms with Gasteiger partial charge in [0.2, 0.25) is 11.8 Å². The molecule has 3 rings (SSSR count). The number of aliphatic hydroxyl groups excluding tert-OH is 1. The van der Waals surface area contributed by atoms with Crippen molar-refractivity contribution >= 4 is 23.4 Å². The summed E-state index contributed by atoms with van der Waals surface area (Å²) in [5, 5.41) is 20.8.